The van der Waals surface area contributed by atoms with Crippen LogP contribution < -0.4 is 10.4 Å². The van der Waals surface area contributed by atoms with Gasteiger partial charge in [-0.2, -0.15) is 0 Å². The maximum absolute atomic E-state index is 12.9. The fourth-order valence-electron chi connectivity index (χ4n) is 3.70. The first-order chi connectivity index (χ1) is 13.5. The molecule has 0 bridgehead atoms. The van der Waals surface area contributed by atoms with Crippen molar-refractivity contribution in [2.75, 3.05) is 26.3 Å². The van der Waals surface area contributed by atoms with Crippen LogP contribution in [-0.2, 0) is 16.0 Å². The molecule has 0 saturated carbocycles. The average Bonchev–Trinajstić information content (AvgIpc) is 2.71. The molecule has 6 heteroatoms. The predicted molar refractivity (Wildman–Crippen MR) is 108 cm³/mol. The van der Waals surface area contributed by atoms with Crippen molar-refractivity contribution in [3.8, 4) is 5.75 Å². The quantitative estimate of drug-likeness (QED) is 0.681. The monoisotopic (exact) mass is 387 g/mol. The zero-order chi connectivity index (χ0) is 20.1. The highest BCUT2D eigenvalue weighted by Crippen LogP contribution is 2.24. The van der Waals surface area contributed by atoms with Gasteiger partial charge in [0.25, 0.3) is 5.91 Å². The second kappa shape index (κ2) is 9.24. The van der Waals surface area contributed by atoms with Gasteiger partial charge in [0.15, 0.2) is 6.10 Å². The van der Waals surface area contributed by atoms with Gasteiger partial charge >= 0.3 is 5.63 Å². The molecule has 1 atom stereocenters. The molecule has 1 aliphatic rings. The number of fused-ring (bicyclic) bond motifs is 1. The predicted octanol–water partition coefficient (Wildman–Crippen LogP) is 3.40. The minimum Gasteiger partial charge on any atom is -0.481 e. The van der Waals surface area contributed by atoms with Crippen LogP contribution in [0.3, 0.4) is 0 Å². The number of hydrogen-bond acceptors (Lipinski definition) is 5. The van der Waals surface area contributed by atoms with Gasteiger partial charge < -0.3 is 18.8 Å². The van der Waals surface area contributed by atoms with Crippen LogP contribution in [0.25, 0.3) is 11.0 Å². The lowest BCUT2D eigenvalue weighted by Crippen LogP contribution is -2.43. The molecule has 28 heavy (non-hydrogen) atoms. The molecule has 0 aliphatic carbocycles. The molecule has 152 valence electrons. The smallest absolute Gasteiger partial charge is 0.336 e. The fraction of sp³-hybridized carbons (Fsp3) is 0.545. The topological polar surface area (TPSA) is 69.0 Å². The minimum atomic E-state index is -0.613. The number of carbonyl (C=O) groups excluding carboxylic acids is 1. The number of nitrogens with zero attached hydrogens (tertiary/aromatic N) is 1. The van der Waals surface area contributed by atoms with Crippen LogP contribution in [0.15, 0.2) is 33.5 Å². The molecule has 3 rings (SSSR count). The number of aryl methyl sites for hydroxylation is 1. The first kappa shape index (κ1) is 20.4. The minimum absolute atomic E-state index is 0.0298. The molecule has 1 aliphatic heterocycles. The van der Waals surface area contributed by atoms with E-state index < -0.39 is 6.10 Å². The lowest BCUT2D eigenvalue weighted by molar-refractivity contribution is -0.138. The molecular weight excluding hydrogens is 358 g/mol. The molecule has 0 N–H and O–H groups in total. The number of benzene rings is 1. The highest BCUT2D eigenvalue weighted by molar-refractivity contribution is 5.83. The first-order valence-corrected chi connectivity index (χ1v) is 10.1. The number of likely N-dealkylation sites (N-methyl/N-ethyl adjacent to an activating group) is 1. The molecule has 1 amide bonds. The van der Waals surface area contributed by atoms with E-state index in [1.807, 2.05) is 30.9 Å². The van der Waals surface area contributed by atoms with E-state index >= 15 is 0 Å². The maximum atomic E-state index is 12.9. The van der Waals surface area contributed by atoms with E-state index in [1.165, 1.54) is 6.07 Å². The molecule has 0 radical (unpaired) electrons. The average molecular weight is 387 g/mol. The number of rotatable bonds is 7. The van der Waals surface area contributed by atoms with E-state index in [0.717, 1.165) is 50.0 Å². The Morgan fingerprint density at radius 3 is 2.68 bits per heavy atom. The van der Waals surface area contributed by atoms with Gasteiger partial charge in [-0.25, -0.2) is 4.79 Å². The van der Waals surface area contributed by atoms with E-state index in [1.54, 1.807) is 13.0 Å². The zero-order valence-electron chi connectivity index (χ0n) is 16.9. The van der Waals surface area contributed by atoms with Crippen LogP contribution in [0.5, 0.6) is 5.75 Å². The Hall–Kier alpha value is -2.34. The molecular formula is C22H29NO5. The van der Waals surface area contributed by atoms with Gasteiger partial charge in [0.05, 0.1) is 0 Å². The zero-order valence-corrected chi connectivity index (χ0v) is 16.9. The third-order valence-corrected chi connectivity index (χ3v) is 5.36. The van der Waals surface area contributed by atoms with E-state index in [4.69, 9.17) is 13.9 Å². The van der Waals surface area contributed by atoms with Crippen molar-refractivity contribution < 1.29 is 18.7 Å². The van der Waals surface area contributed by atoms with Gasteiger partial charge in [0.1, 0.15) is 11.3 Å². The third-order valence-electron chi connectivity index (χ3n) is 5.36. The second-order valence-electron chi connectivity index (χ2n) is 7.29. The van der Waals surface area contributed by atoms with Gasteiger partial charge in [0, 0.05) is 43.8 Å². The Balaban J connectivity index is 1.71. The maximum Gasteiger partial charge on any atom is 0.336 e. The fourth-order valence-corrected chi connectivity index (χ4v) is 3.70. The standard InChI is InChI=1S/C22H29NO5/c1-4-17-12-21(24)28-20-13-18(6-7-19(17)20)27-15(3)22(25)23(5-2)14-16-8-10-26-11-9-16/h6-7,12-13,15-16H,4-5,8-11,14H2,1-3H3. The summed E-state index contributed by atoms with van der Waals surface area (Å²) in [6.45, 7) is 8.67. The molecule has 1 unspecified atom stereocenters. The summed E-state index contributed by atoms with van der Waals surface area (Å²) in [5.74, 6) is 0.969. The summed E-state index contributed by atoms with van der Waals surface area (Å²) in [5, 5.41) is 0.892. The summed E-state index contributed by atoms with van der Waals surface area (Å²) in [7, 11) is 0. The van der Waals surface area contributed by atoms with Gasteiger partial charge in [-0.3, -0.25) is 4.79 Å². The summed E-state index contributed by atoms with van der Waals surface area (Å²) in [6.07, 6.45) is 2.11. The highest BCUT2D eigenvalue weighted by Gasteiger charge is 2.25. The summed E-state index contributed by atoms with van der Waals surface area (Å²) in [4.78, 5) is 26.5. The van der Waals surface area contributed by atoms with Gasteiger partial charge in [-0.05, 0) is 56.7 Å². The Kier molecular flexibility index (Phi) is 6.73. The van der Waals surface area contributed by atoms with Crippen molar-refractivity contribution in [2.45, 2.75) is 46.1 Å². The molecule has 1 fully saturated rings. The highest BCUT2D eigenvalue weighted by atomic mass is 16.5. The molecule has 1 aromatic heterocycles. The van der Waals surface area contributed by atoms with Crippen molar-refractivity contribution in [3.05, 3.63) is 40.2 Å². The van der Waals surface area contributed by atoms with Crippen molar-refractivity contribution in [2.24, 2.45) is 5.92 Å². The first-order valence-electron chi connectivity index (χ1n) is 10.1. The second-order valence-corrected chi connectivity index (χ2v) is 7.29. The van der Waals surface area contributed by atoms with E-state index in [2.05, 4.69) is 0 Å². The van der Waals surface area contributed by atoms with Crippen LogP contribution in [-0.4, -0.2) is 43.2 Å². The normalized spacial score (nSPS) is 16.1. The summed E-state index contributed by atoms with van der Waals surface area (Å²) < 4.78 is 16.6. The van der Waals surface area contributed by atoms with Crippen LogP contribution in [0.1, 0.15) is 39.2 Å². The molecule has 0 spiro atoms. The van der Waals surface area contributed by atoms with Gasteiger partial charge in [0.2, 0.25) is 0 Å². The lowest BCUT2D eigenvalue weighted by Gasteiger charge is -2.30. The number of amides is 1. The number of carbonyl (C=O) groups is 1. The van der Waals surface area contributed by atoms with Gasteiger partial charge in [-0.1, -0.05) is 6.92 Å². The largest absolute Gasteiger partial charge is 0.481 e. The van der Waals surface area contributed by atoms with Crippen molar-refractivity contribution >= 4 is 16.9 Å². The number of ether oxygens (including phenoxy) is 2. The van der Waals surface area contributed by atoms with Crippen LogP contribution in [0, 0.1) is 5.92 Å². The SMILES string of the molecule is CCc1cc(=O)oc2cc(OC(C)C(=O)N(CC)CC3CCOCC3)ccc12. The number of hydrogen-bond donors (Lipinski definition) is 0. The molecule has 6 nitrogen and oxygen atoms in total. The Labute approximate surface area is 165 Å². The Morgan fingerprint density at radius 2 is 2.00 bits per heavy atom. The summed E-state index contributed by atoms with van der Waals surface area (Å²) in [5.41, 5.74) is 1.05. The van der Waals surface area contributed by atoms with E-state index in [-0.39, 0.29) is 11.5 Å². The van der Waals surface area contributed by atoms with Crippen molar-refractivity contribution in [3.63, 3.8) is 0 Å². The van der Waals surface area contributed by atoms with Crippen molar-refractivity contribution in [1.82, 2.24) is 4.90 Å². The Morgan fingerprint density at radius 1 is 1.25 bits per heavy atom. The van der Waals surface area contributed by atoms with Crippen molar-refractivity contribution in [1.29, 1.82) is 0 Å². The summed E-state index contributed by atoms with van der Waals surface area (Å²) >= 11 is 0. The lowest BCUT2D eigenvalue weighted by atomic mass is 9.99. The third kappa shape index (κ3) is 4.73. The van der Waals surface area contributed by atoms with Crippen LogP contribution >= 0.6 is 0 Å². The van der Waals surface area contributed by atoms with Crippen LogP contribution in [0.2, 0.25) is 0 Å². The van der Waals surface area contributed by atoms with Gasteiger partial charge in [-0.15, -0.1) is 0 Å². The molecule has 2 heterocycles. The Bertz CT molecular complexity index is 869. The molecule has 2 aromatic rings. The van der Waals surface area contributed by atoms with E-state index in [9.17, 15) is 9.59 Å². The molecule has 1 saturated heterocycles. The van der Waals surface area contributed by atoms with Crippen LogP contribution in [0.4, 0.5) is 0 Å². The van der Waals surface area contributed by atoms with E-state index in [0.29, 0.717) is 23.8 Å². The molecule has 1 aromatic carbocycles. The summed E-state index contributed by atoms with van der Waals surface area (Å²) in [6, 6.07) is 6.90.